The molecule has 140 valence electrons. The van der Waals surface area contributed by atoms with Crippen LogP contribution in [0.5, 0.6) is 5.75 Å². The van der Waals surface area contributed by atoms with E-state index in [0.717, 1.165) is 38.0 Å². The molecular formula is C22H27F2NO. The molecule has 0 N–H and O–H groups in total. The maximum atomic E-state index is 13.6. The highest BCUT2D eigenvalue weighted by Crippen LogP contribution is 2.38. The van der Waals surface area contributed by atoms with Crippen LogP contribution in [-0.4, -0.2) is 11.6 Å². The van der Waals surface area contributed by atoms with Crippen molar-refractivity contribution in [2.45, 2.75) is 57.8 Å². The van der Waals surface area contributed by atoms with Crippen LogP contribution in [0.3, 0.4) is 0 Å². The van der Waals surface area contributed by atoms with E-state index in [1.165, 1.54) is 30.5 Å². The quantitative estimate of drug-likeness (QED) is 0.561. The first-order valence-corrected chi connectivity index (χ1v) is 9.69. The van der Waals surface area contributed by atoms with Crippen LogP contribution in [-0.2, 0) is 6.42 Å². The molecule has 1 aliphatic carbocycles. The molecule has 2 nitrogen and oxygen atoms in total. The average Bonchev–Trinajstić information content (AvgIpc) is 2.66. The maximum Gasteiger partial charge on any atom is 0.218 e. The standard InChI is InChI=1S/C22H27F2NO/c1-2-15-26-20-12-9-18(10-13-20)17-6-3-16(4-7-17)5-8-19-11-14-21(23)25-22(19)24/h9-14,16-17H,2-8,15H2,1H3. The molecule has 0 bridgehead atoms. The summed E-state index contributed by atoms with van der Waals surface area (Å²) >= 11 is 0. The highest BCUT2D eigenvalue weighted by molar-refractivity contribution is 5.29. The molecule has 1 fully saturated rings. The second-order valence-electron chi connectivity index (χ2n) is 7.26. The molecule has 0 atom stereocenters. The highest BCUT2D eigenvalue weighted by Gasteiger charge is 2.22. The van der Waals surface area contributed by atoms with Crippen LogP contribution in [0, 0.1) is 17.8 Å². The van der Waals surface area contributed by atoms with E-state index in [1.807, 2.05) is 0 Å². The fourth-order valence-electron chi connectivity index (χ4n) is 3.83. The van der Waals surface area contributed by atoms with Gasteiger partial charge in [-0.3, -0.25) is 0 Å². The SMILES string of the molecule is CCCOc1ccc(C2CCC(CCc3ccc(F)nc3F)CC2)cc1. The van der Waals surface area contributed by atoms with Gasteiger partial charge in [0.1, 0.15) is 5.75 Å². The van der Waals surface area contributed by atoms with Gasteiger partial charge in [-0.15, -0.1) is 0 Å². The number of ether oxygens (including phenoxy) is 1. The first kappa shape index (κ1) is 18.8. The van der Waals surface area contributed by atoms with Crippen molar-refractivity contribution in [3.05, 3.63) is 59.4 Å². The lowest BCUT2D eigenvalue weighted by atomic mass is 9.77. The molecule has 4 heteroatoms. The summed E-state index contributed by atoms with van der Waals surface area (Å²) in [7, 11) is 0. The van der Waals surface area contributed by atoms with Crippen LogP contribution in [0.1, 0.15) is 62.5 Å². The normalized spacial score (nSPS) is 20.1. The number of benzene rings is 1. The van der Waals surface area contributed by atoms with Crippen molar-refractivity contribution in [3.63, 3.8) is 0 Å². The van der Waals surface area contributed by atoms with Gasteiger partial charge < -0.3 is 4.74 Å². The molecule has 1 aromatic heterocycles. The Bertz CT molecular complexity index is 694. The van der Waals surface area contributed by atoms with Gasteiger partial charge in [-0.25, -0.2) is 0 Å². The van der Waals surface area contributed by atoms with Crippen LogP contribution in [0.25, 0.3) is 0 Å². The topological polar surface area (TPSA) is 22.1 Å². The van der Waals surface area contributed by atoms with E-state index in [4.69, 9.17) is 4.74 Å². The third-order valence-corrected chi connectivity index (χ3v) is 5.39. The zero-order valence-electron chi connectivity index (χ0n) is 15.4. The van der Waals surface area contributed by atoms with Gasteiger partial charge in [-0.2, -0.15) is 13.8 Å². The molecule has 0 radical (unpaired) electrons. The molecular weight excluding hydrogens is 332 g/mol. The Kier molecular flexibility index (Phi) is 6.59. The lowest BCUT2D eigenvalue weighted by Gasteiger charge is -2.29. The molecule has 0 unspecified atom stereocenters. The predicted molar refractivity (Wildman–Crippen MR) is 99.4 cm³/mol. The van der Waals surface area contributed by atoms with Crippen LogP contribution >= 0.6 is 0 Å². The lowest BCUT2D eigenvalue weighted by Crippen LogP contribution is -2.14. The molecule has 1 saturated carbocycles. The van der Waals surface area contributed by atoms with Crippen molar-refractivity contribution in [1.82, 2.24) is 4.98 Å². The van der Waals surface area contributed by atoms with E-state index in [-0.39, 0.29) is 0 Å². The zero-order valence-corrected chi connectivity index (χ0v) is 15.4. The fourth-order valence-corrected chi connectivity index (χ4v) is 3.83. The largest absolute Gasteiger partial charge is 0.494 e. The van der Waals surface area contributed by atoms with Crippen molar-refractivity contribution in [3.8, 4) is 5.75 Å². The predicted octanol–water partition coefficient (Wildman–Crippen LogP) is 6.06. The minimum Gasteiger partial charge on any atom is -0.494 e. The average molecular weight is 359 g/mol. The third kappa shape index (κ3) is 5.03. The zero-order chi connectivity index (χ0) is 18.4. The fraction of sp³-hybridized carbons (Fsp3) is 0.500. The van der Waals surface area contributed by atoms with Crippen LogP contribution < -0.4 is 4.74 Å². The number of aromatic nitrogens is 1. The maximum absolute atomic E-state index is 13.6. The molecule has 1 aromatic carbocycles. The minimum absolute atomic E-state index is 0.524. The van der Waals surface area contributed by atoms with Crippen LogP contribution in [0.2, 0.25) is 0 Å². The number of rotatable bonds is 7. The van der Waals surface area contributed by atoms with E-state index in [1.54, 1.807) is 0 Å². The van der Waals surface area contributed by atoms with Gasteiger partial charge in [0.05, 0.1) is 6.61 Å². The Morgan fingerprint density at radius 1 is 1.00 bits per heavy atom. The van der Waals surface area contributed by atoms with E-state index in [2.05, 4.69) is 36.2 Å². The molecule has 3 rings (SSSR count). The van der Waals surface area contributed by atoms with E-state index in [9.17, 15) is 8.78 Å². The van der Waals surface area contributed by atoms with Gasteiger partial charge >= 0.3 is 0 Å². The molecule has 2 aromatic rings. The van der Waals surface area contributed by atoms with Crippen LogP contribution in [0.4, 0.5) is 8.78 Å². The minimum atomic E-state index is -0.752. The molecule has 0 amide bonds. The summed E-state index contributed by atoms with van der Waals surface area (Å²) in [5.41, 5.74) is 1.91. The summed E-state index contributed by atoms with van der Waals surface area (Å²) < 4.78 is 32.2. The summed E-state index contributed by atoms with van der Waals surface area (Å²) in [6.45, 7) is 2.86. The van der Waals surface area contributed by atoms with Gasteiger partial charge in [0, 0.05) is 5.56 Å². The van der Waals surface area contributed by atoms with Crippen molar-refractivity contribution in [2.24, 2.45) is 5.92 Å². The van der Waals surface area contributed by atoms with Gasteiger partial charge in [-0.1, -0.05) is 19.1 Å². The Balaban J connectivity index is 1.46. The molecule has 1 heterocycles. The number of hydrogen-bond acceptors (Lipinski definition) is 2. The third-order valence-electron chi connectivity index (χ3n) is 5.39. The summed E-state index contributed by atoms with van der Waals surface area (Å²) in [5.74, 6) is 0.750. The Morgan fingerprint density at radius 2 is 1.73 bits per heavy atom. The number of pyridine rings is 1. The second-order valence-corrected chi connectivity index (χ2v) is 7.26. The lowest BCUT2D eigenvalue weighted by molar-refractivity contribution is 0.307. The van der Waals surface area contributed by atoms with Crippen molar-refractivity contribution in [2.75, 3.05) is 6.61 Å². The molecule has 26 heavy (non-hydrogen) atoms. The van der Waals surface area contributed by atoms with Gasteiger partial charge in [0.2, 0.25) is 11.9 Å². The second kappa shape index (κ2) is 9.11. The van der Waals surface area contributed by atoms with Gasteiger partial charge in [-0.05, 0) is 86.6 Å². The number of hydrogen-bond donors (Lipinski definition) is 0. The molecule has 0 spiro atoms. The smallest absolute Gasteiger partial charge is 0.218 e. The molecule has 0 saturated heterocycles. The van der Waals surface area contributed by atoms with Crippen molar-refractivity contribution >= 4 is 0 Å². The van der Waals surface area contributed by atoms with Crippen LogP contribution in [0.15, 0.2) is 36.4 Å². The van der Waals surface area contributed by atoms with Gasteiger partial charge in [0.25, 0.3) is 0 Å². The summed E-state index contributed by atoms with van der Waals surface area (Å²) in [5, 5.41) is 0. The Labute approximate surface area is 154 Å². The van der Waals surface area contributed by atoms with E-state index in [0.29, 0.717) is 23.8 Å². The molecule has 1 aliphatic rings. The Morgan fingerprint density at radius 3 is 2.38 bits per heavy atom. The summed E-state index contributed by atoms with van der Waals surface area (Å²) in [6, 6.07) is 11.3. The Hall–Kier alpha value is -1.97. The number of nitrogens with zero attached hydrogens (tertiary/aromatic N) is 1. The highest BCUT2D eigenvalue weighted by atomic mass is 19.1. The molecule has 0 aliphatic heterocycles. The monoisotopic (exact) mass is 359 g/mol. The van der Waals surface area contributed by atoms with Crippen molar-refractivity contribution < 1.29 is 13.5 Å². The number of halogens is 2. The summed E-state index contributed by atoms with van der Waals surface area (Å²) in [4.78, 5) is 3.27. The van der Waals surface area contributed by atoms with E-state index >= 15 is 0 Å². The van der Waals surface area contributed by atoms with E-state index < -0.39 is 11.9 Å². The summed E-state index contributed by atoms with van der Waals surface area (Å²) in [6.07, 6.45) is 7.26. The number of aryl methyl sites for hydroxylation is 1. The first-order chi connectivity index (χ1) is 12.7. The van der Waals surface area contributed by atoms with Gasteiger partial charge in [0.15, 0.2) is 0 Å². The van der Waals surface area contributed by atoms with Crippen molar-refractivity contribution in [1.29, 1.82) is 0 Å². The first-order valence-electron chi connectivity index (χ1n) is 9.69.